The van der Waals surface area contributed by atoms with E-state index >= 15 is 0 Å². The summed E-state index contributed by atoms with van der Waals surface area (Å²) in [5.41, 5.74) is -0.199. The number of carbonyl (C=O) groups is 2. The number of Topliss-reactive ketones (excluding diaryl/α,β-unsaturated/α-hetero) is 1. The molecule has 0 heterocycles. The van der Waals surface area contributed by atoms with Gasteiger partial charge in [0.25, 0.3) is 0 Å². The second-order valence-electron chi connectivity index (χ2n) is 9.95. The van der Waals surface area contributed by atoms with Crippen LogP contribution in [0.3, 0.4) is 0 Å². The average Bonchev–Trinajstić information content (AvgIpc) is 2.91. The molecule has 152 valence electrons. The maximum atomic E-state index is 13.7. The lowest BCUT2D eigenvalue weighted by atomic mass is 9.45. The Bertz CT molecular complexity index is 650. The Morgan fingerprint density at radius 2 is 1.78 bits per heavy atom. The number of hydrogen-bond donors (Lipinski definition) is 1. The number of fused-ring (bicyclic) bond motifs is 5. The van der Waals surface area contributed by atoms with E-state index in [0.29, 0.717) is 48.7 Å². The molecule has 0 saturated heterocycles. The van der Waals surface area contributed by atoms with Crippen LogP contribution in [-0.2, 0) is 14.3 Å². The summed E-state index contributed by atoms with van der Waals surface area (Å²) in [4.78, 5) is 22.8. The number of alkyl halides is 2. The van der Waals surface area contributed by atoms with Crippen LogP contribution in [0, 0.1) is 34.5 Å². The molecule has 0 bridgehead atoms. The summed E-state index contributed by atoms with van der Waals surface area (Å²) >= 11 is 0. The van der Waals surface area contributed by atoms with Gasteiger partial charge in [-0.2, -0.15) is 8.78 Å². The number of halogens is 2. The zero-order valence-electron chi connectivity index (χ0n) is 16.2. The Morgan fingerprint density at radius 1 is 1.07 bits per heavy atom. The van der Waals surface area contributed by atoms with Crippen molar-refractivity contribution >= 4 is 11.8 Å². The summed E-state index contributed by atoms with van der Waals surface area (Å²) < 4.78 is 32.3. The minimum absolute atomic E-state index is 0.183. The molecule has 0 aliphatic heterocycles. The highest BCUT2D eigenvalue weighted by Gasteiger charge is 2.62. The number of carboxylic acid groups (broad SMARTS) is 1. The van der Waals surface area contributed by atoms with Gasteiger partial charge in [-0.25, -0.2) is 4.79 Å². The maximum Gasteiger partial charge on any atom is 0.456 e. The number of rotatable bonds is 3. The number of carboxylic acids is 1. The third-order valence-corrected chi connectivity index (χ3v) is 8.93. The Hall–Kier alpha value is -1.04. The largest absolute Gasteiger partial charge is 0.475 e. The second-order valence-corrected chi connectivity index (χ2v) is 9.95. The van der Waals surface area contributed by atoms with E-state index in [1.54, 1.807) is 0 Å². The van der Waals surface area contributed by atoms with E-state index in [1.165, 1.54) is 0 Å². The molecule has 6 heteroatoms. The van der Waals surface area contributed by atoms with Crippen molar-refractivity contribution in [3.8, 4) is 0 Å². The summed E-state index contributed by atoms with van der Waals surface area (Å²) in [7, 11) is 0. The number of ketones is 1. The third-order valence-electron chi connectivity index (χ3n) is 8.93. The molecule has 1 N–H and O–H groups in total. The maximum absolute atomic E-state index is 13.7. The first kappa shape index (κ1) is 19.3. The van der Waals surface area contributed by atoms with Crippen molar-refractivity contribution in [3.63, 3.8) is 0 Å². The molecule has 4 saturated carbocycles. The highest BCUT2D eigenvalue weighted by Crippen LogP contribution is 2.66. The Labute approximate surface area is 159 Å². The van der Waals surface area contributed by atoms with Gasteiger partial charge in [0.15, 0.2) is 0 Å². The molecule has 7 unspecified atom stereocenters. The van der Waals surface area contributed by atoms with Crippen LogP contribution in [0.2, 0.25) is 0 Å². The quantitative estimate of drug-likeness (QED) is 0.769. The number of aliphatic carboxylic acids is 1. The van der Waals surface area contributed by atoms with Crippen LogP contribution >= 0.6 is 0 Å². The first-order valence-corrected chi connectivity index (χ1v) is 10.4. The van der Waals surface area contributed by atoms with E-state index < -0.39 is 18.2 Å². The van der Waals surface area contributed by atoms with Crippen LogP contribution in [0.1, 0.15) is 71.6 Å². The van der Waals surface area contributed by atoms with Gasteiger partial charge >= 0.3 is 12.1 Å². The van der Waals surface area contributed by atoms with Crippen LogP contribution in [0.15, 0.2) is 0 Å². The van der Waals surface area contributed by atoms with E-state index in [1.807, 2.05) is 6.92 Å². The van der Waals surface area contributed by atoms with Crippen molar-refractivity contribution in [1.29, 1.82) is 0 Å². The Balaban J connectivity index is 1.55. The smallest absolute Gasteiger partial charge is 0.456 e. The van der Waals surface area contributed by atoms with E-state index in [4.69, 9.17) is 9.84 Å². The van der Waals surface area contributed by atoms with Gasteiger partial charge in [-0.05, 0) is 79.4 Å². The first-order chi connectivity index (χ1) is 12.6. The topological polar surface area (TPSA) is 63.6 Å². The lowest BCUT2D eigenvalue weighted by molar-refractivity contribution is -0.279. The molecule has 0 radical (unpaired) electrons. The molecule has 4 aliphatic carbocycles. The van der Waals surface area contributed by atoms with Gasteiger partial charge in [0.1, 0.15) is 5.78 Å². The molecule has 0 aromatic carbocycles. The Kier molecular flexibility index (Phi) is 4.45. The fraction of sp³-hybridized carbons (Fsp3) is 0.905. The van der Waals surface area contributed by atoms with Crippen LogP contribution in [0.5, 0.6) is 0 Å². The number of carbonyl (C=O) groups excluding carboxylic acids is 1. The summed E-state index contributed by atoms with van der Waals surface area (Å²) in [6.07, 6.45) is 2.73. The van der Waals surface area contributed by atoms with Gasteiger partial charge in [-0.15, -0.1) is 0 Å². The zero-order valence-corrected chi connectivity index (χ0v) is 16.2. The van der Waals surface area contributed by atoms with Crippen LogP contribution in [0.25, 0.3) is 0 Å². The minimum atomic E-state index is -4.12. The predicted octanol–water partition coefficient (Wildman–Crippen LogP) is 4.66. The molecular formula is C21H30F2O4. The summed E-state index contributed by atoms with van der Waals surface area (Å²) in [6, 6.07) is 0. The normalized spacial score (nSPS) is 47.1. The summed E-state index contributed by atoms with van der Waals surface area (Å²) in [5.74, 6) is -0.0215. The van der Waals surface area contributed by atoms with E-state index in [-0.39, 0.29) is 10.8 Å². The van der Waals surface area contributed by atoms with Gasteiger partial charge in [-0.1, -0.05) is 13.8 Å². The summed E-state index contributed by atoms with van der Waals surface area (Å²) in [5, 5.41) is 8.75. The minimum Gasteiger partial charge on any atom is -0.475 e. The van der Waals surface area contributed by atoms with Crippen molar-refractivity contribution in [3.05, 3.63) is 0 Å². The molecule has 0 aromatic heterocycles. The zero-order chi connectivity index (χ0) is 19.6. The standard InChI is InChI=1S/C21H30F2O4/c1-19-9-7-13(24)11-12(19)3-4-14-15-5-6-17(27-21(22,23)18(25)26)20(15,2)10-8-16(14)19/h12,14-17H,3-11H2,1-2H3,(H,25,26). The fourth-order valence-corrected chi connectivity index (χ4v) is 7.42. The second kappa shape index (κ2) is 6.23. The summed E-state index contributed by atoms with van der Waals surface area (Å²) in [6.45, 7) is 4.38. The average molecular weight is 384 g/mol. The van der Waals surface area contributed by atoms with Gasteiger partial charge in [-0.3, -0.25) is 4.79 Å². The van der Waals surface area contributed by atoms with E-state index in [0.717, 1.165) is 38.5 Å². The van der Waals surface area contributed by atoms with E-state index in [2.05, 4.69) is 6.92 Å². The van der Waals surface area contributed by atoms with Crippen LogP contribution < -0.4 is 0 Å². The van der Waals surface area contributed by atoms with Gasteiger partial charge < -0.3 is 9.84 Å². The predicted molar refractivity (Wildman–Crippen MR) is 94.2 cm³/mol. The van der Waals surface area contributed by atoms with Gasteiger partial charge in [0.2, 0.25) is 0 Å². The number of ether oxygens (including phenoxy) is 1. The lowest BCUT2D eigenvalue weighted by Gasteiger charge is -2.60. The van der Waals surface area contributed by atoms with E-state index in [9.17, 15) is 18.4 Å². The van der Waals surface area contributed by atoms with Gasteiger partial charge in [0, 0.05) is 12.8 Å². The van der Waals surface area contributed by atoms with Crippen molar-refractivity contribution in [2.75, 3.05) is 0 Å². The Morgan fingerprint density at radius 3 is 2.48 bits per heavy atom. The van der Waals surface area contributed by atoms with Crippen LogP contribution in [0.4, 0.5) is 8.78 Å². The molecule has 0 spiro atoms. The highest BCUT2D eigenvalue weighted by atomic mass is 19.3. The molecule has 4 rings (SSSR count). The third kappa shape index (κ3) is 2.85. The van der Waals surface area contributed by atoms with Gasteiger partial charge in [0.05, 0.1) is 6.10 Å². The molecule has 4 nitrogen and oxygen atoms in total. The van der Waals surface area contributed by atoms with Crippen molar-refractivity contribution in [2.24, 2.45) is 34.5 Å². The molecule has 7 atom stereocenters. The molecule has 0 aromatic rings. The monoisotopic (exact) mass is 384 g/mol. The molecule has 4 aliphatic rings. The highest BCUT2D eigenvalue weighted by molar-refractivity contribution is 5.79. The molecular weight excluding hydrogens is 354 g/mol. The van der Waals surface area contributed by atoms with Crippen molar-refractivity contribution in [1.82, 2.24) is 0 Å². The van der Waals surface area contributed by atoms with Crippen LogP contribution in [-0.4, -0.2) is 29.1 Å². The molecule has 0 amide bonds. The molecule has 27 heavy (non-hydrogen) atoms. The SMILES string of the molecule is CC12CCC(=O)CC1CCC1C2CCC2(C)C(OC(F)(F)C(=O)O)CCC12. The van der Waals surface area contributed by atoms with Crippen molar-refractivity contribution < 1.29 is 28.2 Å². The van der Waals surface area contributed by atoms with Crippen molar-refractivity contribution in [2.45, 2.75) is 83.8 Å². The lowest BCUT2D eigenvalue weighted by Crippen LogP contribution is -2.54. The number of hydrogen-bond acceptors (Lipinski definition) is 3. The first-order valence-electron chi connectivity index (χ1n) is 10.4. The molecule has 4 fully saturated rings. The fourth-order valence-electron chi connectivity index (χ4n) is 7.42.